The van der Waals surface area contributed by atoms with Crippen molar-refractivity contribution in [2.75, 3.05) is 0 Å². The predicted molar refractivity (Wildman–Crippen MR) is 116 cm³/mol. The fraction of sp³-hybridized carbons (Fsp3) is 0.0400. The van der Waals surface area contributed by atoms with Gasteiger partial charge in [-0.15, -0.1) is 0 Å². The summed E-state index contributed by atoms with van der Waals surface area (Å²) in [5, 5.41) is 2.52. The van der Waals surface area contributed by atoms with Crippen molar-refractivity contribution in [2.45, 2.75) is 6.61 Å². The van der Waals surface area contributed by atoms with E-state index in [9.17, 15) is 13.2 Å². The van der Waals surface area contributed by atoms with Crippen molar-refractivity contribution in [3.8, 4) is 10.6 Å². The Morgan fingerprint density at radius 3 is 1.77 bits per heavy atom. The van der Waals surface area contributed by atoms with Gasteiger partial charge in [0.15, 0.2) is 31.7 Å². The Balaban J connectivity index is 1.46. The molecule has 0 fully saturated rings. The van der Waals surface area contributed by atoms with Gasteiger partial charge < -0.3 is 4.74 Å². The van der Waals surface area contributed by atoms with Gasteiger partial charge >= 0.3 is 0 Å². The number of hydrogen-bond acceptors (Lipinski definition) is 1. The minimum atomic E-state index is -1.47. The zero-order chi connectivity index (χ0) is 20.7. The van der Waals surface area contributed by atoms with E-state index in [1.807, 2.05) is 24.3 Å². The number of ether oxygens (including phenoxy) is 1. The third-order valence-corrected chi connectivity index (χ3v) is 7.35. The lowest BCUT2D eigenvalue weighted by molar-refractivity contribution is 0.303. The Morgan fingerprint density at radius 1 is 0.667 bits per heavy atom. The first kappa shape index (κ1) is 18.7. The zero-order valence-corrected chi connectivity index (χ0v) is 16.6. The van der Waals surface area contributed by atoms with Crippen LogP contribution in [0.3, 0.4) is 0 Å². The molecule has 0 spiro atoms. The van der Waals surface area contributed by atoms with Gasteiger partial charge in [0.2, 0.25) is 0 Å². The number of halogens is 3. The van der Waals surface area contributed by atoms with Crippen LogP contribution in [0.15, 0.2) is 84.9 Å². The maximum atomic E-state index is 13.4. The first-order valence-electron chi connectivity index (χ1n) is 9.41. The first-order valence-corrected chi connectivity index (χ1v) is 10.6. The number of benzene rings is 4. The third kappa shape index (κ3) is 3.21. The van der Waals surface area contributed by atoms with E-state index in [1.165, 1.54) is 25.1 Å². The second kappa shape index (κ2) is 7.50. The first-order chi connectivity index (χ1) is 14.6. The molecular weight excluding hydrogens is 405 g/mol. The molecule has 30 heavy (non-hydrogen) atoms. The summed E-state index contributed by atoms with van der Waals surface area (Å²) in [4.78, 5) is 1.17. The summed E-state index contributed by atoms with van der Waals surface area (Å²) in [7, 11) is -0.194. The smallest absolute Gasteiger partial charge is 0.194 e. The lowest BCUT2D eigenvalue weighted by atomic mass is 10.2. The van der Waals surface area contributed by atoms with Crippen LogP contribution < -0.4 is 4.74 Å². The second-order valence-corrected chi connectivity index (χ2v) is 8.90. The lowest BCUT2D eigenvalue weighted by Crippen LogP contribution is -1.99. The van der Waals surface area contributed by atoms with E-state index < -0.39 is 17.5 Å². The molecule has 5 heteroatoms. The lowest BCUT2D eigenvalue weighted by Gasteiger charge is -2.07. The summed E-state index contributed by atoms with van der Waals surface area (Å²) in [6.45, 7) is -0.0507. The molecule has 0 N–H and O–H groups in total. The van der Waals surface area contributed by atoms with E-state index in [2.05, 4.69) is 48.5 Å². The monoisotopic (exact) mass is 421 g/mol. The Labute approximate surface area is 173 Å². The van der Waals surface area contributed by atoms with Crippen molar-refractivity contribution >= 4 is 30.6 Å². The molecule has 0 unspecified atom stereocenters. The molecule has 1 aromatic heterocycles. The topological polar surface area (TPSA) is 9.23 Å². The molecule has 0 saturated carbocycles. The molecule has 148 valence electrons. The van der Waals surface area contributed by atoms with E-state index in [1.54, 1.807) is 0 Å². The quantitative estimate of drug-likeness (QED) is 0.213. The van der Waals surface area contributed by atoms with Gasteiger partial charge in [0.25, 0.3) is 0 Å². The van der Waals surface area contributed by atoms with Crippen molar-refractivity contribution in [3.63, 3.8) is 0 Å². The van der Waals surface area contributed by atoms with Gasteiger partial charge in [-0.2, -0.15) is 0 Å². The molecule has 4 aromatic carbocycles. The molecule has 0 saturated heterocycles. The zero-order valence-electron chi connectivity index (χ0n) is 15.7. The highest BCUT2D eigenvalue weighted by Gasteiger charge is 2.22. The minimum Gasteiger partial charge on any atom is -0.489 e. The molecule has 1 nitrogen and oxygen atoms in total. The van der Waals surface area contributed by atoms with E-state index in [4.69, 9.17) is 4.74 Å². The van der Waals surface area contributed by atoms with E-state index >= 15 is 0 Å². The summed E-state index contributed by atoms with van der Waals surface area (Å²) >= 11 is 0. The van der Waals surface area contributed by atoms with Gasteiger partial charge in [-0.1, -0.05) is 24.3 Å². The summed E-state index contributed by atoms with van der Waals surface area (Å²) in [5.74, 6) is -3.33. The molecule has 0 bridgehead atoms. The number of hydrogen-bond donors (Lipinski definition) is 0. The molecule has 0 aliphatic carbocycles. The molecule has 5 rings (SSSR count). The summed E-state index contributed by atoms with van der Waals surface area (Å²) in [5.41, 5.74) is 0.232. The van der Waals surface area contributed by atoms with Crippen LogP contribution in [0.4, 0.5) is 13.2 Å². The Hall–Kier alpha value is -3.31. The summed E-state index contributed by atoms with van der Waals surface area (Å²) in [6, 6.07) is 26.5. The molecule has 0 aliphatic rings. The Morgan fingerprint density at radius 2 is 1.20 bits per heavy atom. The fourth-order valence-electron chi connectivity index (χ4n) is 3.64. The second-order valence-electron chi connectivity index (χ2n) is 6.93. The van der Waals surface area contributed by atoms with Gasteiger partial charge in [-0.3, -0.25) is 0 Å². The SMILES string of the molecule is Fc1cc(COc2ccc(-[s+]3c4ccccc4c4ccccc43)cc2)cc(F)c1F. The average Bonchev–Trinajstić information content (AvgIpc) is 3.11. The Kier molecular flexibility index (Phi) is 4.68. The average molecular weight is 421 g/mol. The van der Waals surface area contributed by atoms with Crippen LogP contribution in [0.5, 0.6) is 5.75 Å². The summed E-state index contributed by atoms with van der Waals surface area (Å²) < 4.78 is 48.1. The molecule has 0 aliphatic heterocycles. The number of rotatable bonds is 4. The van der Waals surface area contributed by atoms with Crippen LogP contribution in [-0.2, 0) is 6.61 Å². The molecule has 0 radical (unpaired) electrons. The van der Waals surface area contributed by atoms with Crippen molar-refractivity contribution in [1.29, 1.82) is 0 Å². The molecular formula is C25H16F3OS+. The van der Waals surface area contributed by atoms with Crippen molar-refractivity contribution < 1.29 is 17.9 Å². The van der Waals surface area contributed by atoms with Gasteiger partial charge in [0.05, 0.1) is 0 Å². The third-order valence-electron chi connectivity index (χ3n) is 5.01. The Bertz CT molecular complexity index is 1300. The van der Waals surface area contributed by atoms with Crippen LogP contribution in [0.25, 0.3) is 25.1 Å². The van der Waals surface area contributed by atoms with Crippen LogP contribution in [0.2, 0.25) is 0 Å². The van der Waals surface area contributed by atoms with Gasteiger partial charge in [-0.25, -0.2) is 13.2 Å². The molecule has 1 heterocycles. The van der Waals surface area contributed by atoms with Gasteiger partial charge in [0.1, 0.15) is 12.4 Å². The highest BCUT2D eigenvalue weighted by atomic mass is 32.2. The van der Waals surface area contributed by atoms with Crippen LogP contribution in [0, 0.1) is 17.5 Å². The summed E-state index contributed by atoms with van der Waals surface area (Å²) in [6.07, 6.45) is 0. The molecule has 0 amide bonds. The minimum absolute atomic E-state index is 0.0507. The van der Waals surface area contributed by atoms with Crippen LogP contribution in [0.1, 0.15) is 5.56 Å². The fourth-order valence-corrected chi connectivity index (χ4v) is 6.01. The number of fused-ring (bicyclic) bond motifs is 3. The molecule has 0 atom stereocenters. The van der Waals surface area contributed by atoms with Crippen molar-refractivity contribution in [2.24, 2.45) is 0 Å². The van der Waals surface area contributed by atoms with Crippen molar-refractivity contribution in [1.82, 2.24) is 0 Å². The molecule has 5 aromatic rings. The van der Waals surface area contributed by atoms with E-state index in [0.29, 0.717) is 5.75 Å². The predicted octanol–water partition coefficient (Wildman–Crippen LogP) is 7.73. The van der Waals surface area contributed by atoms with Crippen molar-refractivity contribution in [3.05, 3.63) is 108 Å². The highest BCUT2D eigenvalue weighted by Crippen LogP contribution is 2.48. The van der Waals surface area contributed by atoms with E-state index in [0.717, 1.165) is 12.1 Å². The standard InChI is InChI=1S/C25H16F3OS/c26-21-13-16(14-22(27)25(21)28)15-29-17-9-11-18(12-10-17)30-23-7-3-1-5-19(23)20-6-2-4-8-24(20)30/h1-14H,15H2/q+1. The normalized spacial score (nSPS) is 11.3. The highest BCUT2D eigenvalue weighted by molar-refractivity contribution is 7.50. The maximum Gasteiger partial charge on any atom is 0.194 e. The maximum absolute atomic E-state index is 13.4. The largest absolute Gasteiger partial charge is 0.489 e. The van der Waals surface area contributed by atoms with Crippen LogP contribution >= 0.6 is 10.5 Å². The van der Waals surface area contributed by atoms with Gasteiger partial charge in [-0.05, 0) is 54.1 Å². The van der Waals surface area contributed by atoms with E-state index in [-0.39, 0.29) is 22.6 Å². The van der Waals surface area contributed by atoms with Gasteiger partial charge in [0, 0.05) is 33.4 Å². The number of thiophene rings is 1. The van der Waals surface area contributed by atoms with Crippen LogP contribution in [-0.4, -0.2) is 0 Å².